The number of rotatable bonds is 14. The predicted molar refractivity (Wildman–Crippen MR) is 148 cm³/mol. The van der Waals surface area contributed by atoms with Crippen molar-refractivity contribution in [1.29, 1.82) is 0 Å². The summed E-state index contributed by atoms with van der Waals surface area (Å²) in [5.41, 5.74) is 1.44. The number of carbonyl (C=O) groups is 1. The van der Waals surface area contributed by atoms with Gasteiger partial charge in [0.15, 0.2) is 0 Å². The van der Waals surface area contributed by atoms with E-state index in [-0.39, 0.29) is 11.6 Å². The first-order chi connectivity index (χ1) is 17.2. The van der Waals surface area contributed by atoms with Gasteiger partial charge in [0.1, 0.15) is 17.1 Å². The Labute approximate surface area is 219 Å². The number of aryl methyl sites for hydroxylation is 1. The molecule has 1 aromatic heterocycles. The third-order valence-corrected chi connectivity index (χ3v) is 7.69. The number of pyridine rings is 1. The molecule has 0 radical (unpaired) electrons. The third-order valence-electron chi connectivity index (χ3n) is 7.69. The van der Waals surface area contributed by atoms with E-state index in [2.05, 4.69) is 39.6 Å². The van der Waals surface area contributed by atoms with Gasteiger partial charge in [0.2, 0.25) is 0 Å². The van der Waals surface area contributed by atoms with Crippen LogP contribution in [0.4, 0.5) is 0 Å². The van der Waals surface area contributed by atoms with E-state index >= 15 is 0 Å². The number of carbonyl (C=O) groups excluding carboxylic acids is 1. The van der Waals surface area contributed by atoms with Crippen molar-refractivity contribution in [3.63, 3.8) is 0 Å². The van der Waals surface area contributed by atoms with Crippen LogP contribution in [0.2, 0.25) is 0 Å². The highest BCUT2D eigenvalue weighted by Crippen LogP contribution is 2.38. The number of ether oxygens (including phenoxy) is 2. The number of hydrogen-bond donors (Lipinski definition) is 0. The van der Waals surface area contributed by atoms with E-state index in [4.69, 9.17) is 9.47 Å². The Balaban J connectivity index is 1.37. The molecule has 0 saturated heterocycles. The summed E-state index contributed by atoms with van der Waals surface area (Å²) in [6.07, 6.45) is 16.9. The van der Waals surface area contributed by atoms with Gasteiger partial charge in [0.25, 0.3) is 0 Å². The zero-order valence-corrected chi connectivity index (χ0v) is 23.2. The fourth-order valence-corrected chi connectivity index (χ4v) is 5.26. The molecule has 0 amide bonds. The lowest BCUT2D eigenvalue weighted by atomic mass is 9.86. The normalized spacial score (nSPS) is 18.8. The standard InChI is InChI=1S/C32H47NO3/c1-24(2)10-6-11-25(3)12-7-13-26(4)14-8-19-32(5)20-18-27-22-29(16-17-30(27)36-32)35-31(34)28-15-9-21-33-23-28/h9,15-17,21-26H,6-8,10-14,18-20H2,1-5H3. The maximum Gasteiger partial charge on any atom is 0.345 e. The summed E-state index contributed by atoms with van der Waals surface area (Å²) in [4.78, 5) is 16.3. The van der Waals surface area contributed by atoms with E-state index in [1.165, 1.54) is 57.6 Å². The number of aromatic nitrogens is 1. The number of esters is 1. The molecular weight excluding hydrogens is 446 g/mol. The molecule has 1 aliphatic heterocycles. The van der Waals surface area contributed by atoms with Crippen LogP contribution in [0.15, 0.2) is 42.7 Å². The molecule has 1 aromatic carbocycles. The van der Waals surface area contributed by atoms with Crippen molar-refractivity contribution < 1.29 is 14.3 Å². The molecular formula is C32H47NO3. The van der Waals surface area contributed by atoms with Gasteiger partial charge in [-0.1, -0.05) is 72.6 Å². The lowest BCUT2D eigenvalue weighted by molar-refractivity contribution is 0.0520. The molecule has 0 saturated carbocycles. The molecule has 0 bridgehead atoms. The lowest BCUT2D eigenvalue weighted by Gasteiger charge is -2.36. The molecule has 3 unspecified atom stereocenters. The molecule has 0 aliphatic carbocycles. The summed E-state index contributed by atoms with van der Waals surface area (Å²) in [6, 6.07) is 9.15. The number of fused-ring (bicyclic) bond motifs is 1. The number of nitrogens with zero attached hydrogens (tertiary/aromatic N) is 1. The van der Waals surface area contributed by atoms with Gasteiger partial charge in [0.05, 0.1) is 5.56 Å². The van der Waals surface area contributed by atoms with Crippen molar-refractivity contribution in [3.05, 3.63) is 53.9 Å². The minimum atomic E-state index is -0.390. The van der Waals surface area contributed by atoms with Crippen LogP contribution in [0, 0.1) is 17.8 Å². The smallest absolute Gasteiger partial charge is 0.345 e. The van der Waals surface area contributed by atoms with Gasteiger partial charge < -0.3 is 9.47 Å². The molecule has 4 heteroatoms. The average molecular weight is 494 g/mol. The van der Waals surface area contributed by atoms with Gasteiger partial charge in [-0.2, -0.15) is 0 Å². The minimum absolute atomic E-state index is 0.119. The van der Waals surface area contributed by atoms with Crippen molar-refractivity contribution in [2.24, 2.45) is 17.8 Å². The quantitative estimate of drug-likeness (QED) is 0.195. The summed E-state index contributed by atoms with van der Waals surface area (Å²) in [5, 5.41) is 0. The minimum Gasteiger partial charge on any atom is -0.487 e. The topological polar surface area (TPSA) is 48.4 Å². The Morgan fingerprint density at radius 3 is 2.36 bits per heavy atom. The monoisotopic (exact) mass is 493 g/mol. The van der Waals surface area contributed by atoms with Crippen molar-refractivity contribution in [3.8, 4) is 11.5 Å². The highest BCUT2D eigenvalue weighted by atomic mass is 16.5. The Hall–Kier alpha value is -2.36. The van der Waals surface area contributed by atoms with Gasteiger partial charge in [0, 0.05) is 12.4 Å². The van der Waals surface area contributed by atoms with Crippen LogP contribution in [0.3, 0.4) is 0 Å². The van der Waals surface area contributed by atoms with Crippen molar-refractivity contribution >= 4 is 5.97 Å². The van der Waals surface area contributed by atoms with Gasteiger partial charge in [-0.3, -0.25) is 4.98 Å². The van der Waals surface area contributed by atoms with Crippen molar-refractivity contribution in [1.82, 2.24) is 4.98 Å². The average Bonchev–Trinajstić information content (AvgIpc) is 2.84. The van der Waals surface area contributed by atoms with E-state index in [9.17, 15) is 4.79 Å². The first-order valence-electron chi connectivity index (χ1n) is 14.2. The van der Waals surface area contributed by atoms with Crippen molar-refractivity contribution in [2.45, 2.75) is 111 Å². The first-order valence-corrected chi connectivity index (χ1v) is 14.2. The molecule has 0 spiro atoms. The fraction of sp³-hybridized carbons (Fsp3) is 0.625. The van der Waals surface area contributed by atoms with Crippen LogP contribution in [0.25, 0.3) is 0 Å². The number of benzene rings is 1. The maximum absolute atomic E-state index is 12.3. The molecule has 36 heavy (non-hydrogen) atoms. The van der Waals surface area contributed by atoms with E-state index in [0.29, 0.717) is 11.3 Å². The second-order valence-corrected chi connectivity index (χ2v) is 11.8. The Kier molecular flexibility index (Phi) is 10.8. The van der Waals surface area contributed by atoms with Gasteiger partial charge in [-0.15, -0.1) is 0 Å². The fourth-order valence-electron chi connectivity index (χ4n) is 5.26. The Morgan fingerprint density at radius 2 is 1.69 bits per heavy atom. The first kappa shape index (κ1) is 28.2. The zero-order chi connectivity index (χ0) is 26.0. The SMILES string of the molecule is CC(C)CCCC(C)CCCC(C)CCCC1(C)CCc2cc(OC(=O)c3cccnc3)ccc2O1. The third kappa shape index (κ3) is 9.26. The highest BCUT2D eigenvalue weighted by molar-refractivity contribution is 5.90. The molecule has 3 rings (SSSR count). The predicted octanol–water partition coefficient (Wildman–Crippen LogP) is 8.82. The maximum atomic E-state index is 12.3. The van der Waals surface area contributed by atoms with Gasteiger partial charge in [-0.25, -0.2) is 4.79 Å². The van der Waals surface area contributed by atoms with Gasteiger partial charge >= 0.3 is 5.97 Å². The van der Waals surface area contributed by atoms with Crippen LogP contribution in [-0.4, -0.2) is 16.6 Å². The summed E-state index contributed by atoms with van der Waals surface area (Å²) < 4.78 is 12.0. The molecule has 2 aromatic rings. The molecule has 3 atom stereocenters. The summed E-state index contributed by atoms with van der Waals surface area (Å²) in [5.74, 6) is 3.57. The molecule has 2 heterocycles. The Morgan fingerprint density at radius 1 is 1.00 bits per heavy atom. The van der Waals surface area contributed by atoms with Gasteiger partial charge in [-0.05, 0) is 86.3 Å². The molecule has 198 valence electrons. The molecule has 1 aliphatic rings. The number of hydrogen-bond acceptors (Lipinski definition) is 4. The van der Waals surface area contributed by atoms with E-state index < -0.39 is 0 Å². The van der Waals surface area contributed by atoms with Crippen LogP contribution in [0.5, 0.6) is 11.5 Å². The highest BCUT2D eigenvalue weighted by Gasteiger charge is 2.31. The largest absolute Gasteiger partial charge is 0.487 e. The van der Waals surface area contributed by atoms with E-state index in [0.717, 1.165) is 48.3 Å². The van der Waals surface area contributed by atoms with Crippen LogP contribution in [-0.2, 0) is 6.42 Å². The second kappa shape index (κ2) is 13.8. The van der Waals surface area contributed by atoms with E-state index in [1.54, 1.807) is 18.3 Å². The van der Waals surface area contributed by atoms with Crippen molar-refractivity contribution in [2.75, 3.05) is 0 Å². The van der Waals surface area contributed by atoms with Crippen LogP contribution >= 0.6 is 0 Å². The zero-order valence-electron chi connectivity index (χ0n) is 23.2. The Bertz CT molecular complexity index is 942. The summed E-state index contributed by atoms with van der Waals surface area (Å²) >= 11 is 0. The molecule has 4 nitrogen and oxygen atoms in total. The summed E-state index contributed by atoms with van der Waals surface area (Å²) in [7, 11) is 0. The second-order valence-electron chi connectivity index (χ2n) is 11.8. The summed E-state index contributed by atoms with van der Waals surface area (Å²) in [6.45, 7) is 11.7. The van der Waals surface area contributed by atoms with E-state index in [1.807, 2.05) is 18.2 Å². The van der Waals surface area contributed by atoms with Crippen LogP contribution < -0.4 is 9.47 Å². The molecule has 0 fully saturated rings. The van der Waals surface area contributed by atoms with Crippen LogP contribution in [0.1, 0.15) is 115 Å². The molecule has 0 N–H and O–H groups in total. The lowest BCUT2D eigenvalue weighted by Crippen LogP contribution is -2.36.